The van der Waals surface area contributed by atoms with Crippen LogP contribution in [0.25, 0.3) is 17.0 Å². The molecule has 0 spiro atoms. The molecule has 9 heteroatoms. The molecule has 0 saturated heterocycles. The summed E-state index contributed by atoms with van der Waals surface area (Å²) in [5.41, 5.74) is 10.2. The first-order chi connectivity index (χ1) is 16.1. The van der Waals surface area contributed by atoms with E-state index < -0.39 is 5.91 Å². The molecule has 1 aliphatic heterocycles. The molecule has 1 atom stereocenters. The highest BCUT2D eigenvalue weighted by Gasteiger charge is 2.26. The second kappa shape index (κ2) is 8.51. The summed E-state index contributed by atoms with van der Waals surface area (Å²) in [5.74, 6) is 0.636. The molecule has 4 aromatic rings. The molecule has 2 aromatic heterocycles. The van der Waals surface area contributed by atoms with Gasteiger partial charge >= 0.3 is 6.01 Å². The normalized spacial score (nSPS) is 15.3. The zero-order chi connectivity index (χ0) is 22.9. The van der Waals surface area contributed by atoms with Gasteiger partial charge in [0.1, 0.15) is 11.3 Å². The lowest BCUT2D eigenvalue weighted by atomic mass is 10.0. The van der Waals surface area contributed by atoms with E-state index in [0.717, 1.165) is 35.6 Å². The van der Waals surface area contributed by atoms with Crippen LogP contribution in [0.3, 0.4) is 0 Å². The summed E-state index contributed by atoms with van der Waals surface area (Å²) >= 11 is 0. The number of rotatable bonds is 6. The van der Waals surface area contributed by atoms with Crippen LogP contribution in [0.15, 0.2) is 48.5 Å². The SMILES string of the molecule is COc1nc2c(C(N)=O)cccc2n1-c1nc2c(c(NCc3ccccc3)n1)C(C)NCC2. The van der Waals surface area contributed by atoms with Crippen molar-refractivity contribution in [3.63, 3.8) is 0 Å². The number of anilines is 1. The Labute approximate surface area is 191 Å². The van der Waals surface area contributed by atoms with E-state index in [-0.39, 0.29) is 12.1 Å². The monoisotopic (exact) mass is 443 g/mol. The van der Waals surface area contributed by atoms with Gasteiger partial charge in [-0.05, 0) is 24.6 Å². The third-order valence-corrected chi connectivity index (χ3v) is 5.86. The minimum atomic E-state index is -0.552. The molecule has 9 nitrogen and oxygen atoms in total. The summed E-state index contributed by atoms with van der Waals surface area (Å²) in [6.07, 6.45) is 0.774. The van der Waals surface area contributed by atoms with Crippen molar-refractivity contribution in [2.75, 3.05) is 19.0 Å². The summed E-state index contributed by atoms with van der Waals surface area (Å²) < 4.78 is 7.27. The number of hydrogen-bond donors (Lipinski definition) is 3. The fraction of sp³-hybridized carbons (Fsp3) is 0.250. The van der Waals surface area contributed by atoms with Crippen LogP contribution in [0.5, 0.6) is 6.01 Å². The molecule has 0 fully saturated rings. The quantitative estimate of drug-likeness (QED) is 0.419. The molecular weight excluding hydrogens is 418 g/mol. The lowest BCUT2D eigenvalue weighted by Gasteiger charge is -2.26. The maximum absolute atomic E-state index is 11.9. The molecular formula is C24H25N7O2. The van der Waals surface area contributed by atoms with Gasteiger partial charge in [-0.3, -0.25) is 4.79 Å². The number of imidazole rings is 1. The third-order valence-electron chi connectivity index (χ3n) is 5.86. The second-order valence-corrected chi connectivity index (χ2v) is 7.97. The zero-order valence-electron chi connectivity index (χ0n) is 18.5. The highest BCUT2D eigenvalue weighted by Crippen LogP contribution is 2.32. The van der Waals surface area contributed by atoms with E-state index in [2.05, 4.69) is 34.7 Å². The number of nitrogens with zero attached hydrogens (tertiary/aromatic N) is 4. The fourth-order valence-corrected chi connectivity index (χ4v) is 4.28. The van der Waals surface area contributed by atoms with Gasteiger partial charge in [0.05, 0.1) is 23.9 Å². The molecule has 4 N–H and O–H groups in total. The lowest BCUT2D eigenvalue weighted by molar-refractivity contribution is 0.100. The number of para-hydroxylation sites is 1. The van der Waals surface area contributed by atoms with Crippen LogP contribution in [0, 0.1) is 0 Å². The van der Waals surface area contributed by atoms with E-state index in [0.29, 0.717) is 29.1 Å². The van der Waals surface area contributed by atoms with Gasteiger partial charge in [0.15, 0.2) is 0 Å². The number of aromatic nitrogens is 4. The summed E-state index contributed by atoms with van der Waals surface area (Å²) in [6, 6.07) is 15.8. The molecule has 168 valence electrons. The van der Waals surface area contributed by atoms with Crippen LogP contribution in [-0.2, 0) is 13.0 Å². The number of hydrogen-bond acceptors (Lipinski definition) is 7. The standard InChI is InChI=1S/C24H25N7O2/c1-14-19-17(11-12-26-14)28-23(30-22(19)27-13-15-7-4-3-5-8-15)31-18-10-6-9-16(21(25)32)20(18)29-24(31)33-2/h3-10,14,26H,11-13H2,1-2H3,(H2,25,32)(H,27,28,30). The molecule has 3 heterocycles. The molecule has 0 saturated carbocycles. The average molecular weight is 444 g/mol. The Hall–Kier alpha value is -3.98. The molecule has 1 aliphatic rings. The number of carbonyl (C=O) groups excluding carboxylic acids is 1. The Morgan fingerprint density at radius 2 is 2.00 bits per heavy atom. The first-order valence-electron chi connectivity index (χ1n) is 10.8. The lowest BCUT2D eigenvalue weighted by Crippen LogP contribution is -2.30. The first kappa shape index (κ1) is 20.9. The van der Waals surface area contributed by atoms with Crippen molar-refractivity contribution in [3.8, 4) is 12.0 Å². The van der Waals surface area contributed by atoms with Crippen molar-refractivity contribution in [3.05, 3.63) is 70.9 Å². The summed E-state index contributed by atoms with van der Waals surface area (Å²) in [5, 5.41) is 6.99. The molecule has 0 aliphatic carbocycles. The average Bonchev–Trinajstić information content (AvgIpc) is 3.21. The van der Waals surface area contributed by atoms with Crippen molar-refractivity contribution in [1.29, 1.82) is 0 Å². The van der Waals surface area contributed by atoms with Crippen LogP contribution in [0.1, 0.15) is 40.1 Å². The van der Waals surface area contributed by atoms with E-state index in [4.69, 9.17) is 20.4 Å². The summed E-state index contributed by atoms with van der Waals surface area (Å²) in [7, 11) is 1.53. The number of primary amides is 1. The minimum absolute atomic E-state index is 0.115. The van der Waals surface area contributed by atoms with Gasteiger partial charge in [-0.15, -0.1) is 0 Å². The molecule has 0 radical (unpaired) electrons. The number of carbonyl (C=O) groups is 1. The van der Waals surface area contributed by atoms with E-state index >= 15 is 0 Å². The maximum atomic E-state index is 11.9. The van der Waals surface area contributed by atoms with E-state index in [9.17, 15) is 4.79 Å². The van der Waals surface area contributed by atoms with E-state index in [1.54, 1.807) is 16.7 Å². The molecule has 1 amide bonds. The van der Waals surface area contributed by atoms with Gasteiger partial charge in [-0.1, -0.05) is 36.4 Å². The van der Waals surface area contributed by atoms with Crippen molar-refractivity contribution < 1.29 is 9.53 Å². The zero-order valence-corrected chi connectivity index (χ0v) is 18.5. The number of methoxy groups -OCH3 is 1. The number of nitrogens with two attached hydrogens (primary N) is 1. The van der Waals surface area contributed by atoms with Crippen LogP contribution in [0.2, 0.25) is 0 Å². The number of fused-ring (bicyclic) bond motifs is 2. The van der Waals surface area contributed by atoms with E-state index in [1.807, 2.05) is 24.3 Å². The van der Waals surface area contributed by atoms with Gasteiger partial charge < -0.3 is 21.1 Å². The van der Waals surface area contributed by atoms with Gasteiger partial charge in [0.25, 0.3) is 5.91 Å². The Bertz CT molecular complexity index is 1330. The molecule has 0 bridgehead atoms. The molecule has 5 rings (SSSR count). The van der Waals surface area contributed by atoms with Gasteiger partial charge in [-0.2, -0.15) is 9.97 Å². The van der Waals surface area contributed by atoms with E-state index in [1.165, 1.54) is 7.11 Å². The highest BCUT2D eigenvalue weighted by atomic mass is 16.5. The van der Waals surface area contributed by atoms with Gasteiger partial charge in [0, 0.05) is 31.1 Å². The Kier molecular flexibility index (Phi) is 5.39. The largest absolute Gasteiger partial charge is 0.468 e. The van der Waals surface area contributed by atoms with Gasteiger partial charge in [-0.25, -0.2) is 9.55 Å². The molecule has 33 heavy (non-hydrogen) atoms. The van der Waals surface area contributed by atoms with Crippen molar-refractivity contribution in [1.82, 2.24) is 24.8 Å². The Morgan fingerprint density at radius 1 is 1.18 bits per heavy atom. The first-order valence-corrected chi connectivity index (χ1v) is 10.8. The van der Waals surface area contributed by atoms with Crippen LogP contribution in [0.4, 0.5) is 5.82 Å². The van der Waals surface area contributed by atoms with Crippen molar-refractivity contribution >= 4 is 22.8 Å². The maximum Gasteiger partial charge on any atom is 0.304 e. The topological polar surface area (TPSA) is 120 Å². The minimum Gasteiger partial charge on any atom is -0.468 e. The van der Waals surface area contributed by atoms with Crippen LogP contribution >= 0.6 is 0 Å². The number of amides is 1. The van der Waals surface area contributed by atoms with Crippen molar-refractivity contribution in [2.45, 2.75) is 25.9 Å². The summed E-state index contributed by atoms with van der Waals surface area (Å²) in [4.78, 5) is 26.2. The number of benzene rings is 2. The number of ether oxygens (including phenoxy) is 1. The van der Waals surface area contributed by atoms with Crippen molar-refractivity contribution in [2.24, 2.45) is 5.73 Å². The Morgan fingerprint density at radius 3 is 2.76 bits per heavy atom. The predicted octanol–water partition coefficient (Wildman–Crippen LogP) is 2.74. The fourth-order valence-electron chi connectivity index (χ4n) is 4.28. The third kappa shape index (κ3) is 3.76. The van der Waals surface area contributed by atoms with Crippen LogP contribution in [-0.4, -0.2) is 39.1 Å². The predicted molar refractivity (Wildman–Crippen MR) is 126 cm³/mol. The smallest absolute Gasteiger partial charge is 0.304 e. The van der Waals surface area contributed by atoms with Gasteiger partial charge in [0.2, 0.25) is 5.95 Å². The molecule has 2 aromatic carbocycles. The molecule has 1 unspecified atom stereocenters. The number of nitrogens with one attached hydrogen (secondary N) is 2. The second-order valence-electron chi connectivity index (χ2n) is 7.97. The van der Waals surface area contributed by atoms with Crippen LogP contribution < -0.4 is 21.1 Å². The Balaban J connectivity index is 1.67. The highest BCUT2D eigenvalue weighted by molar-refractivity contribution is 6.04. The summed E-state index contributed by atoms with van der Waals surface area (Å²) in [6.45, 7) is 3.57.